The lowest BCUT2D eigenvalue weighted by molar-refractivity contribution is -0.115. The van der Waals surface area contributed by atoms with Crippen LogP contribution in [0.1, 0.15) is 37.8 Å². The number of carbonyl (C=O) groups excluding carboxylic acids is 2. The number of hydrogen-bond donors (Lipinski definition) is 2. The van der Waals surface area contributed by atoms with Crippen LogP contribution in [0.4, 0.5) is 0 Å². The summed E-state index contributed by atoms with van der Waals surface area (Å²) in [5, 5.41) is 13.4. The molecule has 130 valence electrons. The molecule has 25 heavy (non-hydrogen) atoms. The second-order valence-corrected chi connectivity index (χ2v) is 6.84. The van der Waals surface area contributed by atoms with E-state index in [4.69, 9.17) is 5.73 Å². The first-order valence-corrected chi connectivity index (χ1v) is 9.00. The van der Waals surface area contributed by atoms with Crippen molar-refractivity contribution in [2.24, 2.45) is 5.73 Å². The van der Waals surface area contributed by atoms with Gasteiger partial charge < -0.3 is 11.1 Å². The zero-order valence-corrected chi connectivity index (χ0v) is 15.4. The highest BCUT2D eigenvalue weighted by molar-refractivity contribution is 8.03. The molecule has 1 heterocycles. The van der Waals surface area contributed by atoms with Crippen LogP contribution < -0.4 is 11.1 Å². The van der Waals surface area contributed by atoms with E-state index in [9.17, 15) is 14.9 Å². The summed E-state index contributed by atoms with van der Waals surface area (Å²) in [6.45, 7) is 5.39. The SMILES string of the molecule is CCc1ccc(C2C(C#N)=C(SCC(N)=O)NC(C)=C2C(C)=O)cc1. The quantitative estimate of drug-likeness (QED) is 0.818. The van der Waals surface area contributed by atoms with E-state index in [0.717, 1.165) is 12.0 Å². The predicted octanol–water partition coefficient (Wildman–Crippen LogP) is 2.75. The number of carbonyl (C=O) groups is 2. The Kier molecular flexibility index (Phi) is 6.05. The molecule has 0 aliphatic carbocycles. The molecule has 0 saturated carbocycles. The van der Waals surface area contributed by atoms with Crippen molar-refractivity contribution < 1.29 is 9.59 Å². The van der Waals surface area contributed by atoms with Crippen LogP contribution in [-0.4, -0.2) is 17.4 Å². The average Bonchev–Trinajstić information content (AvgIpc) is 2.58. The van der Waals surface area contributed by atoms with Crippen LogP contribution >= 0.6 is 11.8 Å². The molecule has 2 rings (SSSR count). The summed E-state index contributed by atoms with van der Waals surface area (Å²) in [6, 6.07) is 10.2. The highest BCUT2D eigenvalue weighted by atomic mass is 32.2. The molecule has 1 aromatic rings. The maximum atomic E-state index is 12.2. The predicted molar refractivity (Wildman–Crippen MR) is 99.4 cm³/mol. The second kappa shape index (κ2) is 8.04. The summed E-state index contributed by atoms with van der Waals surface area (Å²) < 4.78 is 0. The zero-order valence-electron chi connectivity index (χ0n) is 14.6. The minimum absolute atomic E-state index is 0.0672. The van der Waals surface area contributed by atoms with Gasteiger partial charge in [-0.15, -0.1) is 0 Å². The Morgan fingerprint density at radius 3 is 2.44 bits per heavy atom. The molecule has 5 nitrogen and oxygen atoms in total. The molecular formula is C19H21N3O2S. The lowest BCUT2D eigenvalue weighted by atomic mass is 9.81. The van der Waals surface area contributed by atoms with Crippen molar-refractivity contribution >= 4 is 23.5 Å². The monoisotopic (exact) mass is 355 g/mol. The van der Waals surface area contributed by atoms with Gasteiger partial charge in [-0.3, -0.25) is 9.59 Å². The number of nitrogens with two attached hydrogens (primary N) is 1. The Hall–Kier alpha value is -2.52. The van der Waals surface area contributed by atoms with Gasteiger partial charge in [0, 0.05) is 11.3 Å². The van der Waals surface area contributed by atoms with E-state index in [2.05, 4.69) is 18.3 Å². The number of nitriles is 1. The van der Waals surface area contributed by atoms with Crippen LogP contribution in [0.15, 0.2) is 46.1 Å². The normalized spacial score (nSPS) is 17.1. The van der Waals surface area contributed by atoms with Crippen molar-refractivity contribution in [2.75, 3.05) is 5.75 Å². The molecule has 0 spiro atoms. The number of thioether (sulfide) groups is 1. The van der Waals surface area contributed by atoms with Crippen LogP contribution in [0.25, 0.3) is 0 Å². The van der Waals surface area contributed by atoms with Gasteiger partial charge in [-0.2, -0.15) is 5.26 Å². The topological polar surface area (TPSA) is 96.0 Å². The molecule has 0 bridgehead atoms. The minimum atomic E-state index is -0.459. The number of nitrogens with one attached hydrogen (secondary N) is 1. The van der Waals surface area contributed by atoms with Gasteiger partial charge in [0.15, 0.2) is 5.78 Å². The fourth-order valence-electron chi connectivity index (χ4n) is 2.92. The van der Waals surface area contributed by atoms with E-state index >= 15 is 0 Å². The molecule has 0 saturated heterocycles. The highest BCUT2D eigenvalue weighted by Crippen LogP contribution is 2.40. The number of rotatable bonds is 6. The number of primary amides is 1. The van der Waals surface area contributed by atoms with Gasteiger partial charge in [0.1, 0.15) is 0 Å². The largest absolute Gasteiger partial charge is 0.369 e. The van der Waals surface area contributed by atoms with Crippen molar-refractivity contribution in [1.82, 2.24) is 5.32 Å². The van der Waals surface area contributed by atoms with E-state index < -0.39 is 11.8 Å². The first-order chi connectivity index (χ1) is 11.9. The molecule has 1 amide bonds. The number of nitrogens with zero attached hydrogens (tertiary/aromatic N) is 1. The van der Waals surface area contributed by atoms with Crippen molar-refractivity contribution in [3.63, 3.8) is 0 Å². The van der Waals surface area contributed by atoms with E-state index in [1.807, 2.05) is 31.2 Å². The molecule has 1 aliphatic heterocycles. The molecular weight excluding hydrogens is 334 g/mol. The average molecular weight is 355 g/mol. The van der Waals surface area contributed by atoms with Crippen molar-refractivity contribution in [1.29, 1.82) is 5.26 Å². The standard InChI is InChI=1S/C19H21N3O2S/c1-4-13-5-7-14(8-6-13)18-15(9-20)19(25-10-16(21)24)22-11(2)17(18)12(3)23/h5-8,18,22H,4,10H2,1-3H3,(H2,21,24). The molecule has 3 N–H and O–H groups in total. The van der Waals surface area contributed by atoms with Gasteiger partial charge >= 0.3 is 0 Å². The lowest BCUT2D eigenvalue weighted by Crippen LogP contribution is -2.27. The Morgan fingerprint density at radius 2 is 1.96 bits per heavy atom. The highest BCUT2D eigenvalue weighted by Gasteiger charge is 2.33. The smallest absolute Gasteiger partial charge is 0.227 e. The van der Waals surface area contributed by atoms with Crippen LogP contribution in [-0.2, 0) is 16.0 Å². The third-order valence-electron chi connectivity index (χ3n) is 4.11. The Balaban J connectivity index is 2.56. The van der Waals surface area contributed by atoms with Gasteiger partial charge in [-0.25, -0.2) is 0 Å². The molecule has 6 heteroatoms. The summed E-state index contributed by atoms with van der Waals surface area (Å²) in [5.74, 6) is -0.914. The van der Waals surface area contributed by atoms with Gasteiger partial charge in [0.2, 0.25) is 5.91 Å². The summed E-state index contributed by atoms with van der Waals surface area (Å²) >= 11 is 1.19. The van der Waals surface area contributed by atoms with Crippen LogP contribution in [0.3, 0.4) is 0 Å². The van der Waals surface area contributed by atoms with Crippen LogP contribution in [0.2, 0.25) is 0 Å². The number of aryl methyl sites for hydroxylation is 1. The molecule has 1 aliphatic rings. The van der Waals surface area contributed by atoms with Crippen LogP contribution in [0.5, 0.6) is 0 Å². The third-order valence-corrected chi connectivity index (χ3v) is 5.15. The van der Waals surface area contributed by atoms with E-state index in [-0.39, 0.29) is 11.5 Å². The van der Waals surface area contributed by atoms with Gasteiger partial charge in [0.25, 0.3) is 0 Å². The number of Topliss-reactive ketones (excluding diaryl/α,β-unsaturated/α-hetero) is 1. The number of allylic oxidation sites excluding steroid dienone is 3. The molecule has 0 aromatic heterocycles. The van der Waals surface area contributed by atoms with Crippen molar-refractivity contribution in [2.45, 2.75) is 33.1 Å². The maximum Gasteiger partial charge on any atom is 0.227 e. The summed E-state index contributed by atoms with van der Waals surface area (Å²) in [7, 11) is 0. The van der Waals surface area contributed by atoms with Gasteiger partial charge in [-0.1, -0.05) is 43.0 Å². The Labute approximate surface area is 152 Å². The lowest BCUT2D eigenvalue weighted by Gasteiger charge is -2.29. The van der Waals surface area contributed by atoms with Crippen LogP contribution in [0, 0.1) is 11.3 Å². The molecule has 0 fully saturated rings. The number of dihydropyridines is 1. The summed E-state index contributed by atoms with van der Waals surface area (Å²) in [4.78, 5) is 23.4. The number of hydrogen-bond acceptors (Lipinski definition) is 5. The van der Waals surface area contributed by atoms with Crippen molar-refractivity contribution in [3.05, 3.63) is 57.3 Å². The first kappa shape index (κ1) is 18.8. The fraction of sp³-hybridized carbons (Fsp3) is 0.316. The minimum Gasteiger partial charge on any atom is -0.369 e. The fourth-order valence-corrected chi connectivity index (χ4v) is 3.75. The number of benzene rings is 1. The third kappa shape index (κ3) is 4.12. The molecule has 1 atom stereocenters. The summed E-state index contributed by atoms with van der Waals surface area (Å²) in [6.07, 6.45) is 0.918. The zero-order chi connectivity index (χ0) is 18.6. The van der Waals surface area contributed by atoms with E-state index in [1.54, 1.807) is 0 Å². The Bertz CT molecular complexity index is 801. The van der Waals surface area contributed by atoms with Gasteiger partial charge in [-0.05, 0) is 31.4 Å². The van der Waals surface area contributed by atoms with E-state index in [0.29, 0.717) is 21.9 Å². The van der Waals surface area contributed by atoms with Gasteiger partial charge in [0.05, 0.1) is 28.3 Å². The second-order valence-electron chi connectivity index (χ2n) is 5.86. The molecule has 1 aromatic carbocycles. The Morgan fingerprint density at radius 1 is 1.32 bits per heavy atom. The van der Waals surface area contributed by atoms with E-state index in [1.165, 1.54) is 24.2 Å². The maximum absolute atomic E-state index is 12.2. The number of ketones is 1. The molecule has 0 radical (unpaired) electrons. The summed E-state index contributed by atoms with van der Waals surface area (Å²) in [5.41, 5.74) is 9.01. The first-order valence-electron chi connectivity index (χ1n) is 8.01. The number of amides is 1. The molecule has 1 unspecified atom stereocenters. The van der Waals surface area contributed by atoms with Crippen molar-refractivity contribution in [3.8, 4) is 6.07 Å².